The number of unbranched alkanes of at least 4 members (excludes halogenated alkanes) is 58. The first kappa shape index (κ1) is 104. The maximum Gasteiger partial charge on any atom is 0.472 e. The zero-order valence-corrected chi connectivity index (χ0v) is 71.4. The molecule has 0 aliphatic rings. The van der Waals surface area contributed by atoms with Crippen LogP contribution in [-0.4, -0.2) is 96.7 Å². The summed E-state index contributed by atoms with van der Waals surface area (Å²) in [6, 6.07) is 0. The highest BCUT2D eigenvalue weighted by atomic mass is 31.2. The number of ether oxygens (including phenoxy) is 4. The zero-order chi connectivity index (χ0) is 77.6. The Morgan fingerprint density at radius 1 is 0.264 bits per heavy atom. The van der Waals surface area contributed by atoms with Crippen LogP contribution in [0.4, 0.5) is 0 Å². The summed E-state index contributed by atoms with van der Waals surface area (Å²) in [5, 5.41) is 10.7. The second-order valence-electron chi connectivity index (χ2n) is 31.5. The molecule has 0 aliphatic heterocycles. The average Bonchev–Trinajstić information content (AvgIpc) is 0.901. The van der Waals surface area contributed by atoms with Gasteiger partial charge in [0.05, 0.1) is 26.4 Å². The first-order valence-electron chi connectivity index (χ1n) is 45.2. The SMILES string of the molecule is CCCCCCCCCCCCCCCCCCCCCCCCC(=O)O[C@H](COC(=O)CCCCCCCCCCCCCCCCC(C)CC)COP(=O)(O)OC[C@@H](O)COP(=O)(O)OC[C@@H](COC(=O)CCCCCCCCCCCCCCC)OC(=O)CCCCCCCCCCCCCCC. The van der Waals surface area contributed by atoms with Gasteiger partial charge in [0.25, 0.3) is 0 Å². The number of phosphoric ester groups is 2. The highest BCUT2D eigenvalue weighted by molar-refractivity contribution is 7.47. The summed E-state index contributed by atoms with van der Waals surface area (Å²) < 4.78 is 68.9. The quantitative estimate of drug-likeness (QED) is 0.0222. The fourth-order valence-corrected chi connectivity index (χ4v) is 15.2. The lowest BCUT2D eigenvalue weighted by Gasteiger charge is -2.21. The molecule has 0 bridgehead atoms. The molecule has 19 heteroatoms. The molecule has 17 nitrogen and oxygen atoms in total. The van der Waals surface area contributed by atoms with Crippen molar-refractivity contribution in [2.45, 2.75) is 490 Å². The van der Waals surface area contributed by atoms with Crippen molar-refractivity contribution in [2.75, 3.05) is 39.6 Å². The molecule has 0 saturated carbocycles. The molecule has 0 saturated heterocycles. The van der Waals surface area contributed by atoms with Crippen LogP contribution in [-0.2, 0) is 65.4 Å². The minimum absolute atomic E-state index is 0.109. The Balaban J connectivity index is 5.23. The summed E-state index contributed by atoms with van der Waals surface area (Å²) in [5.41, 5.74) is 0. The smallest absolute Gasteiger partial charge is 0.462 e. The van der Waals surface area contributed by atoms with E-state index in [2.05, 4.69) is 34.6 Å². The van der Waals surface area contributed by atoms with Crippen LogP contribution in [0.15, 0.2) is 0 Å². The maximum atomic E-state index is 13.2. The maximum absolute atomic E-state index is 13.2. The molecule has 106 heavy (non-hydrogen) atoms. The molecule has 0 radical (unpaired) electrons. The Morgan fingerprint density at radius 2 is 0.453 bits per heavy atom. The van der Waals surface area contributed by atoms with Crippen LogP contribution >= 0.6 is 15.6 Å². The molecule has 0 aromatic heterocycles. The Hall–Kier alpha value is -1.94. The second-order valence-corrected chi connectivity index (χ2v) is 34.4. The van der Waals surface area contributed by atoms with Crippen LogP contribution in [0.1, 0.15) is 471 Å². The molecule has 0 heterocycles. The fraction of sp³-hybridized carbons (Fsp3) is 0.954. The summed E-state index contributed by atoms with van der Waals surface area (Å²) in [4.78, 5) is 73.3. The minimum Gasteiger partial charge on any atom is -0.462 e. The van der Waals surface area contributed by atoms with E-state index in [0.717, 1.165) is 95.8 Å². The van der Waals surface area contributed by atoms with E-state index in [0.29, 0.717) is 25.7 Å². The van der Waals surface area contributed by atoms with Gasteiger partial charge in [0.2, 0.25) is 0 Å². The van der Waals surface area contributed by atoms with Gasteiger partial charge < -0.3 is 33.8 Å². The third kappa shape index (κ3) is 78.7. The second kappa shape index (κ2) is 79.7. The van der Waals surface area contributed by atoms with Gasteiger partial charge >= 0.3 is 39.5 Å². The predicted molar refractivity (Wildman–Crippen MR) is 437 cm³/mol. The number of carbonyl (C=O) groups excluding carboxylic acids is 4. The van der Waals surface area contributed by atoms with Crippen molar-refractivity contribution in [1.82, 2.24) is 0 Å². The van der Waals surface area contributed by atoms with E-state index in [1.807, 2.05) is 0 Å². The van der Waals surface area contributed by atoms with Crippen LogP contribution in [0.5, 0.6) is 0 Å². The first-order valence-corrected chi connectivity index (χ1v) is 48.2. The van der Waals surface area contributed by atoms with Crippen LogP contribution in [0.3, 0.4) is 0 Å². The molecule has 0 aromatic rings. The van der Waals surface area contributed by atoms with Gasteiger partial charge in [0.15, 0.2) is 12.2 Å². The molecule has 0 amide bonds. The van der Waals surface area contributed by atoms with Gasteiger partial charge in [0.1, 0.15) is 19.3 Å². The van der Waals surface area contributed by atoms with E-state index >= 15 is 0 Å². The van der Waals surface area contributed by atoms with E-state index in [4.69, 9.17) is 37.0 Å². The molecular weight excluding hydrogens is 1380 g/mol. The first-order chi connectivity index (χ1) is 51.6. The normalized spacial score (nSPS) is 14.0. The van der Waals surface area contributed by atoms with Crippen molar-refractivity contribution in [1.29, 1.82) is 0 Å². The Labute approximate surface area is 651 Å². The van der Waals surface area contributed by atoms with Gasteiger partial charge in [-0.2, -0.15) is 0 Å². The molecule has 3 unspecified atom stereocenters. The molecule has 630 valence electrons. The lowest BCUT2D eigenvalue weighted by atomic mass is 9.99. The topological polar surface area (TPSA) is 237 Å². The lowest BCUT2D eigenvalue weighted by molar-refractivity contribution is -0.161. The average molecular weight is 1550 g/mol. The standard InChI is InChI=1S/C87H170O17P2/c1-6-10-13-16-19-22-25-28-29-30-31-32-33-34-35-36-43-48-53-58-63-68-73-87(92)104-83(77-98-85(90)71-66-61-56-51-46-42-38-37-41-44-49-54-59-64-69-80(5)9-4)79-102-106(95,96)100-75-81(88)74-99-105(93,94)101-78-82(103-86(91)72-67-62-57-52-47-40-27-24-21-18-15-12-8-3)76-97-84(89)70-65-60-55-50-45-39-26-23-20-17-14-11-7-2/h80-83,88H,6-79H2,1-5H3,(H,93,94)(H,95,96)/t80?,81-,82+,83+/m0/s1. The van der Waals surface area contributed by atoms with E-state index in [1.54, 1.807) is 0 Å². The molecule has 0 aromatic carbocycles. The van der Waals surface area contributed by atoms with Crippen molar-refractivity contribution in [3.05, 3.63) is 0 Å². The Bertz CT molecular complexity index is 2020. The molecule has 6 atom stereocenters. The lowest BCUT2D eigenvalue weighted by Crippen LogP contribution is -2.30. The van der Waals surface area contributed by atoms with Crippen molar-refractivity contribution >= 4 is 39.5 Å². The van der Waals surface area contributed by atoms with Crippen molar-refractivity contribution < 1.29 is 80.2 Å². The summed E-state index contributed by atoms with van der Waals surface area (Å²) in [7, 11) is -9.93. The summed E-state index contributed by atoms with van der Waals surface area (Å²) >= 11 is 0. The van der Waals surface area contributed by atoms with Gasteiger partial charge in [-0.3, -0.25) is 37.3 Å². The number of esters is 4. The predicted octanol–water partition coefficient (Wildman–Crippen LogP) is 26.8. The number of aliphatic hydroxyl groups is 1. The van der Waals surface area contributed by atoms with Gasteiger partial charge in [-0.15, -0.1) is 0 Å². The van der Waals surface area contributed by atoms with Gasteiger partial charge in [0, 0.05) is 25.7 Å². The molecule has 0 spiro atoms. The Kier molecular flexibility index (Phi) is 78.2. The van der Waals surface area contributed by atoms with Crippen LogP contribution in [0, 0.1) is 5.92 Å². The largest absolute Gasteiger partial charge is 0.472 e. The molecule has 0 fully saturated rings. The number of aliphatic hydroxyl groups excluding tert-OH is 1. The number of phosphoric acid groups is 2. The van der Waals surface area contributed by atoms with Crippen molar-refractivity contribution in [3.8, 4) is 0 Å². The third-order valence-corrected chi connectivity index (χ3v) is 22.8. The zero-order valence-electron chi connectivity index (χ0n) is 69.6. The Morgan fingerprint density at radius 3 is 0.670 bits per heavy atom. The van der Waals surface area contributed by atoms with Gasteiger partial charge in [-0.1, -0.05) is 420 Å². The van der Waals surface area contributed by atoms with E-state index in [9.17, 15) is 43.2 Å². The van der Waals surface area contributed by atoms with Crippen molar-refractivity contribution in [3.63, 3.8) is 0 Å². The van der Waals surface area contributed by atoms with E-state index in [-0.39, 0.29) is 25.7 Å². The van der Waals surface area contributed by atoms with E-state index in [1.165, 1.54) is 295 Å². The van der Waals surface area contributed by atoms with E-state index < -0.39 is 97.5 Å². The van der Waals surface area contributed by atoms with Gasteiger partial charge in [-0.05, 0) is 31.6 Å². The number of carbonyl (C=O) groups is 4. The number of hydrogen-bond acceptors (Lipinski definition) is 15. The third-order valence-electron chi connectivity index (χ3n) is 20.9. The van der Waals surface area contributed by atoms with Gasteiger partial charge in [-0.25, -0.2) is 9.13 Å². The van der Waals surface area contributed by atoms with Crippen LogP contribution in [0.2, 0.25) is 0 Å². The number of rotatable bonds is 87. The summed E-state index contributed by atoms with van der Waals surface area (Å²) in [6.07, 6.45) is 73.5. The fourth-order valence-electron chi connectivity index (χ4n) is 13.6. The molecular formula is C87H170O17P2. The monoisotopic (exact) mass is 1550 g/mol. The van der Waals surface area contributed by atoms with Crippen molar-refractivity contribution in [2.24, 2.45) is 5.92 Å². The van der Waals surface area contributed by atoms with Crippen LogP contribution < -0.4 is 0 Å². The summed E-state index contributed by atoms with van der Waals surface area (Å²) in [5.74, 6) is -1.25. The molecule has 0 aliphatic carbocycles. The molecule has 0 rings (SSSR count). The highest BCUT2D eigenvalue weighted by Gasteiger charge is 2.30. The summed E-state index contributed by atoms with van der Waals surface area (Å²) in [6.45, 7) is 7.43. The molecule has 3 N–H and O–H groups in total. The number of hydrogen-bond donors (Lipinski definition) is 3. The van der Waals surface area contributed by atoms with Crippen LogP contribution in [0.25, 0.3) is 0 Å². The minimum atomic E-state index is -4.97. The highest BCUT2D eigenvalue weighted by Crippen LogP contribution is 2.45.